The maximum atomic E-state index is 17.1. The zero-order valence-corrected chi connectivity index (χ0v) is 20.7. The number of amides is 1. The maximum Gasteiger partial charge on any atom is 0.252 e. The monoisotopic (exact) mass is 461 g/mol. The van der Waals surface area contributed by atoms with Crippen LogP contribution in [0.5, 0.6) is 0 Å². The van der Waals surface area contributed by atoms with Crippen LogP contribution in [0, 0.1) is 34.5 Å². The highest BCUT2D eigenvalue weighted by Gasteiger charge is 2.75. The van der Waals surface area contributed by atoms with Gasteiger partial charge in [-0.3, -0.25) is 9.59 Å². The fourth-order valence-corrected chi connectivity index (χ4v) is 7.88. The van der Waals surface area contributed by atoms with Crippen LogP contribution < -0.4 is 5.32 Å². The minimum absolute atomic E-state index is 0.00950. The number of carbonyl (C=O) groups excluding carboxylic acids is 2. The van der Waals surface area contributed by atoms with Crippen LogP contribution in [0.25, 0.3) is 0 Å². The lowest BCUT2D eigenvalue weighted by atomic mass is 9.44. The number of halogens is 1. The third-order valence-electron chi connectivity index (χ3n) is 9.81. The number of hydrogen-bond donors (Lipinski definition) is 3. The zero-order valence-electron chi connectivity index (χ0n) is 20.7. The molecule has 4 aliphatic rings. The molecule has 4 rings (SSSR count). The number of allylic oxidation sites excluding steroid dienone is 4. The molecule has 1 amide bonds. The van der Waals surface area contributed by atoms with Crippen LogP contribution >= 0.6 is 0 Å². The fraction of sp³-hybridized carbons (Fsp3) is 0.778. The van der Waals surface area contributed by atoms with Gasteiger partial charge in [0.1, 0.15) is 0 Å². The van der Waals surface area contributed by atoms with Gasteiger partial charge in [-0.1, -0.05) is 39.3 Å². The van der Waals surface area contributed by atoms with Gasteiger partial charge in [0, 0.05) is 23.3 Å². The van der Waals surface area contributed by atoms with Gasteiger partial charge in [0.2, 0.25) is 0 Å². The molecule has 0 spiro atoms. The van der Waals surface area contributed by atoms with E-state index in [4.69, 9.17) is 0 Å². The van der Waals surface area contributed by atoms with Gasteiger partial charge in [0.15, 0.2) is 17.1 Å². The van der Waals surface area contributed by atoms with Crippen LogP contribution in [0.15, 0.2) is 23.8 Å². The molecule has 4 aliphatic carbocycles. The van der Waals surface area contributed by atoms with Crippen LogP contribution in [0.1, 0.15) is 73.1 Å². The van der Waals surface area contributed by atoms with Gasteiger partial charge in [0.25, 0.3) is 5.91 Å². The van der Waals surface area contributed by atoms with E-state index in [0.29, 0.717) is 31.7 Å². The number of rotatable bonds is 5. The average Bonchev–Trinajstić information content (AvgIpc) is 2.94. The van der Waals surface area contributed by atoms with Crippen LogP contribution in [-0.2, 0) is 9.59 Å². The van der Waals surface area contributed by atoms with Crippen molar-refractivity contribution >= 4 is 11.7 Å². The molecule has 0 aromatic rings. The third kappa shape index (κ3) is 3.23. The third-order valence-corrected chi connectivity index (χ3v) is 9.81. The lowest BCUT2D eigenvalue weighted by Crippen LogP contribution is -2.70. The first-order valence-corrected chi connectivity index (χ1v) is 12.6. The number of aliphatic hydroxyl groups is 2. The number of hydrogen-bond acceptors (Lipinski definition) is 4. The predicted molar refractivity (Wildman–Crippen MR) is 125 cm³/mol. The second-order valence-electron chi connectivity index (χ2n) is 12.0. The van der Waals surface area contributed by atoms with Gasteiger partial charge >= 0.3 is 0 Å². The minimum Gasteiger partial charge on any atom is -0.390 e. The van der Waals surface area contributed by atoms with E-state index >= 15 is 4.39 Å². The number of alkyl halides is 1. The van der Waals surface area contributed by atoms with Gasteiger partial charge in [-0.05, 0) is 75.4 Å². The highest BCUT2D eigenvalue weighted by atomic mass is 19.1. The van der Waals surface area contributed by atoms with E-state index in [1.54, 1.807) is 13.0 Å². The first-order chi connectivity index (χ1) is 15.3. The summed E-state index contributed by atoms with van der Waals surface area (Å²) in [5.41, 5.74) is -4.86. The molecule has 6 heteroatoms. The second-order valence-corrected chi connectivity index (χ2v) is 12.0. The minimum atomic E-state index is -1.95. The molecule has 0 aliphatic heterocycles. The summed E-state index contributed by atoms with van der Waals surface area (Å²) in [6.07, 6.45) is 6.67. The van der Waals surface area contributed by atoms with Crippen molar-refractivity contribution in [2.75, 3.05) is 6.54 Å². The molecule has 0 radical (unpaired) electrons. The van der Waals surface area contributed by atoms with Gasteiger partial charge < -0.3 is 15.5 Å². The number of fused-ring (bicyclic) bond motifs is 5. The molecule has 3 N–H and O–H groups in total. The molecule has 0 aromatic carbocycles. The molecule has 33 heavy (non-hydrogen) atoms. The van der Waals surface area contributed by atoms with Crippen molar-refractivity contribution in [1.82, 2.24) is 5.32 Å². The van der Waals surface area contributed by atoms with Gasteiger partial charge in [-0.2, -0.15) is 0 Å². The Morgan fingerprint density at radius 1 is 1.30 bits per heavy atom. The van der Waals surface area contributed by atoms with E-state index < -0.39 is 40.0 Å². The van der Waals surface area contributed by atoms with Gasteiger partial charge in [-0.25, -0.2) is 4.39 Å². The Labute approximate surface area is 196 Å². The van der Waals surface area contributed by atoms with Crippen molar-refractivity contribution in [2.45, 2.75) is 90.5 Å². The first kappa shape index (κ1) is 24.6. The normalized spacial score (nSPS) is 46.5. The Bertz CT molecular complexity index is 899. The summed E-state index contributed by atoms with van der Waals surface area (Å²) in [7, 11) is 0. The van der Waals surface area contributed by atoms with E-state index in [0.717, 1.165) is 18.4 Å². The summed E-state index contributed by atoms with van der Waals surface area (Å²) < 4.78 is 17.1. The Morgan fingerprint density at radius 2 is 2.00 bits per heavy atom. The summed E-state index contributed by atoms with van der Waals surface area (Å²) in [4.78, 5) is 25.3. The quantitative estimate of drug-likeness (QED) is 0.542. The molecule has 5 nitrogen and oxygen atoms in total. The van der Waals surface area contributed by atoms with Gasteiger partial charge in [-0.15, -0.1) is 0 Å². The molecule has 0 saturated heterocycles. The molecule has 0 heterocycles. The second kappa shape index (κ2) is 8.01. The number of nitrogens with one attached hydrogen (secondary N) is 1. The van der Waals surface area contributed by atoms with E-state index in [-0.39, 0.29) is 24.0 Å². The Morgan fingerprint density at radius 3 is 2.67 bits per heavy atom. The van der Waals surface area contributed by atoms with Crippen LogP contribution in [0.2, 0.25) is 0 Å². The van der Waals surface area contributed by atoms with Crippen LogP contribution in [0.3, 0.4) is 0 Å². The zero-order chi connectivity index (χ0) is 24.4. The van der Waals surface area contributed by atoms with Crippen LogP contribution in [-0.4, -0.2) is 45.8 Å². The predicted octanol–water partition coefficient (Wildman–Crippen LogP) is 3.89. The standard InChI is InChI=1S/C27H40FNO4/c1-16(2)7-6-12-29-23(32)27(33)17(3)13-21-20-9-8-18-14-19(30)10-11-24(18,4)26(20,28)22(31)15-25(21,27)5/h10-11,14,16-17,20-22,31,33H,6-9,12-13,15H2,1-5H3,(H,29,32). The molecule has 0 aromatic heterocycles. The van der Waals surface area contributed by atoms with E-state index in [2.05, 4.69) is 19.2 Å². The summed E-state index contributed by atoms with van der Waals surface area (Å²) in [5, 5.41) is 26.2. The van der Waals surface area contributed by atoms with Crippen LogP contribution in [0.4, 0.5) is 4.39 Å². The highest BCUT2D eigenvalue weighted by Crippen LogP contribution is 2.70. The molecule has 3 fully saturated rings. The van der Waals surface area contributed by atoms with E-state index in [9.17, 15) is 19.8 Å². The van der Waals surface area contributed by atoms with E-state index in [1.165, 1.54) is 12.2 Å². The first-order valence-electron chi connectivity index (χ1n) is 12.6. The SMILES string of the molecule is CC(C)CCCNC(=O)C1(O)C(C)CC2C3CCC4=CC(=O)C=CC4(C)C3(F)C(O)CC21C. The largest absolute Gasteiger partial charge is 0.390 e. The number of aliphatic hydroxyl groups excluding tert-OH is 1. The average molecular weight is 462 g/mol. The lowest BCUT2D eigenvalue weighted by Gasteiger charge is -2.62. The molecule has 8 atom stereocenters. The fourth-order valence-electron chi connectivity index (χ4n) is 7.88. The number of ketones is 1. The smallest absolute Gasteiger partial charge is 0.252 e. The van der Waals surface area contributed by atoms with Crippen molar-refractivity contribution in [1.29, 1.82) is 0 Å². The topological polar surface area (TPSA) is 86.6 Å². The molecule has 184 valence electrons. The number of carbonyl (C=O) groups is 2. The van der Waals surface area contributed by atoms with Crippen molar-refractivity contribution in [2.24, 2.45) is 34.5 Å². The molecular formula is C27H40FNO4. The Balaban J connectivity index is 1.65. The Kier molecular flexibility index (Phi) is 5.97. The molecular weight excluding hydrogens is 421 g/mol. The molecule has 3 saturated carbocycles. The van der Waals surface area contributed by atoms with Crippen molar-refractivity contribution in [3.63, 3.8) is 0 Å². The lowest BCUT2D eigenvalue weighted by molar-refractivity contribution is -0.219. The molecule has 8 unspecified atom stereocenters. The van der Waals surface area contributed by atoms with Crippen molar-refractivity contribution in [3.8, 4) is 0 Å². The van der Waals surface area contributed by atoms with Crippen molar-refractivity contribution < 1.29 is 24.2 Å². The van der Waals surface area contributed by atoms with E-state index in [1.807, 2.05) is 13.8 Å². The summed E-state index contributed by atoms with van der Waals surface area (Å²) in [6.45, 7) is 10.3. The summed E-state index contributed by atoms with van der Waals surface area (Å²) in [6, 6.07) is 0. The summed E-state index contributed by atoms with van der Waals surface area (Å²) in [5.74, 6) is -1.08. The van der Waals surface area contributed by atoms with Crippen molar-refractivity contribution in [3.05, 3.63) is 23.8 Å². The van der Waals surface area contributed by atoms with Gasteiger partial charge in [0.05, 0.1) is 6.10 Å². The maximum absolute atomic E-state index is 17.1. The molecule has 0 bridgehead atoms. The summed E-state index contributed by atoms with van der Waals surface area (Å²) >= 11 is 0. The Hall–Kier alpha value is -1.53. The highest BCUT2D eigenvalue weighted by molar-refractivity contribution is 6.01.